The molecule has 25 heavy (non-hydrogen) atoms. The monoisotopic (exact) mass is 335 g/mol. The molecule has 0 radical (unpaired) electrons. The number of carboxylic acids is 1. The maximum absolute atomic E-state index is 12.9. The predicted octanol–water partition coefficient (Wildman–Crippen LogP) is 3.75. The molecule has 5 nitrogen and oxygen atoms in total. The smallest absolute Gasteiger partial charge is 0.307 e. The van der Waals surface area contributed by atoms with Gasteiger partial charge in [-0.2, -0.15) is 0 Å². The van der Waals surface area contributed by atoms with Gasteiger partial charge in [0.15, 0.2) is 5.76 Å². The minimum atomic E-state index is -0.913. The minimum absolute atomic E-state index is 0.0953. The van der Waals surface area contributed by atoms with E-state index in [0.717, 1.165) is 5.56 Å². The normalized spacial score (nSPS) is 10.4. The number of carbonyl (C=O) groups excluding carboxylic acids is 1. The highest BCUT2D eigenvalue weighted by Gasteiger charge is 2.21. The molecule has 1 aromatic heterocycles. The topological polar surface area (TPSA) is 70.8 Å². The third kappa shape index (κ3) is 4.14. The van der Waals surface area contributed by atoms with E-state index in [1.165, 1.54) is 6.26 Å². The Bertz CT molecular complexity index is 856. The van der Waals surface area contributed by atoms with E-state index in [1.54, 1.807) is 41.3 Å². The van der Waals surface area contributed by atoms with E-state index < -0.39 is 5.97 Å². The Balaban J connectivity index is 1.95. The first-order valence-electron chi connectivity index (χ1n) is 7.83. The Kier molecular flexibility index (Phi) is 4.95. The summed E-state index contributed by atoms with van der Waals surface area (Å²) in [7, 11) is 0. The van der Waals surface area contributed by atoms with Gasteiger partial charge >= 0.3 is 5.97 Å². The molecule has 0 saturated carbocycles. The summed E-state index contributed by atoms with van der Waals surface area (Å²) in [6, 6.07) is 19.9. The molecule has 0 aliphatic heterocycles. The molecule has 0 fully saturated rings. The zero-order valence-electron chi connectivity index (χ0n) is 13.5. The van der Waals surface area contributed by atoms with Crippen LogP contribution in [0.5, 0.6) is 0 Å². The molecule has 1 heterocycles. The van der Waals surface area contributed by atoms with Crippen LogP contribution >= 0.6 is 0 Å². The number of carbonyl (C=O) groups is 2. The molecule has 1 N–H and O–H groups in total. The van der Waals surface area contributed by atoms with E-state index in [9.17, 15) is 9.59 Å². The van der Waals surface area contributed by atoms with Crippen LogP contribution in [-0.2, 0) is 17.8 Å². The Morgan fingerprint density at radius 1 is 0.920 bits per heavy atom. The molecule has 0 bridgehead atoms. The lowest BCUT2D eigenvalue weighted by Gasteiger charge is -2.22. The van der Waals surface area contributed by atoms with Crippen molar-refractivity contribution in [2.24, 2.45) is 0 Å². The van der Waals surface area contributed by atoms with E-state index in [2.05, 4.69) is 0 Å². The first kappa shape index (κ1) is 16.5. The molecule has 5 heteroatoms. The summed E-state index contributed by atoms with van der Waals surface area (Å²) in [4.78, 5) is 25.4. The predicted molar refractivity (Wildman–Crippen MR) is 93.4 cm³/mol. The fourth-order valence-electron chi connectivity index (χ4n) is 2.59. The molecule has 0 unspecified atom stereocenters. The summed E-state index contributed by atoms with van der Waals surface area (Å²) < 4.78 is 5.24. The van der Waals surface area contributed by atoms with E-state index in [0.29, 0.717) is 17.8 Å². The van der Waals surface area contributed by atoms with Crippen LogP contribution in [0.4, 0.5) is 5.69 Å². The maximum Gasteiger partial charge on any atom is 0.307 e. The van der Waals surface area contributed by atoms with Crippen molar-refractivity contribution >= 4 is 17.6 Å². The van der Waals surface area contributed by atoms with Crippen molar-refractivity contribution in [3.63, 3.8) is 0 Å². The van der Waals surface area contributed by atoms with Crippen LogP contribution in [0.25, 0.3) is 0 Å². The van der Waals surface area contributed by atoms with E-state index >= 15 is 0 Å². The third-order valence-electron chi connectivity index (χ3n) is 3.74. The molecule has 1 amide bonds. The van der Waals surface area contributed by atoms with Gasteiger partial charge in [0, 0.05) is 5.69 Å². The van der Waals surface area contributed by atoms with Gasteiger partial charge < -0.3 is 14.4 Å². The first-order valence-corrected chi connectivity index (χ1v) is 7.83. The Morgan fingerprint density at radius 3 is 2.36 bits per heavy atom. The van der Waals surface area contributed by atoms with Crippen molar-refractivity contribution in [1.29, 1.82) is 0 Å². The maximum atomic E-state index is 12.9. The fourth-order valence-corrected chi connectivity index (χ4v) is 2.59. The number of hydrogen-bond acceptors (Lipinski definition) is 3. The summed E-state index contributed by atoms with van der Waals surface area (Å²) >= 11 is 0. The SMILES string of the molecule is O=C(O)Cc1cccc(N(Cc2ccccc2)C(=O)c2ccco2)c1. The summed E-state index contributed by atoms with van der Waals surface area (Å²) in [6.45, 7) is 0.358. The molecule has 126 valence electrons. The number of hydrogen-bond donors (Lipinski definition) is 1. The van der Waals surface area contributed by atoms with Gasteiger partial charge in [0.05, 0.1) is 19.2 Å². The van der Waals surface area contributed by atoms with E-state index in [-0.39, 0.29) is 18.1 Å². The van der Waals surface area contributed by atoms with Crippen LogP contribution in [0.15, 0.2) is 77.4 Å². The van der Waals surface area contributed by atoms with Crippen LogP contribution in [0.1, 0.15) is 21.7 Å². The van der Waals surface area contributed by atoms with Crippen molar-refractivity contribution < 1.29 is 19.1 Å². The average molecular weight is 335 g/mol. The van der Waals surface area contributed by atoms with Crippen molar-refractivity contribution in [2.75, 3.05) is 4.90 Å². The van der Waals surface area contributed by atoms with Gasteiger partial charge in [-0.15, -0.1) is 0 Å². The quantitative estimate of drug-likeness (QED) is 0.745. The molecule has 0 atom stereocenters. The van der Waals surface area contributed by atoms with Crippen LogP contribution < -0.4 is 4.90 Å². The number of carboxylic acid groups (broad SMARTS) is 1. The standard InChI is InChI=1S/C20H17NO4/c22-19(23)13-16-8-4-9-17(12-16)21(14-15-6-2-1-3-7-15)20(24)18-10-5-11-25-18/h1-12H,13-14H2,(H,22,23). The lowest BCUT2D eigenvalue weighted by atomic mass is 10.1. The average Bonchev–Trinajstić information content (AvgIpc) is 3.14. The summed E-state index contributed by atoms with van der Waals surface area (Å²) in [6.07, 6.45) is 1.36. The lowest BCUT2D eigenvalue weighted by molar-refractivity contribution is -0.136. The zero-order valence-corrected chi connectivity index (χ0v) is 13.5. The highest BCUT2D eigenvalue weighted by atomic mass is 16.4. The Labute approximate surface area is 145 Å². The van der Waals surface area contributed by atoms with Gasteiger partial charge in [-0.05, 0) is 35.4 Å². The lowest BCUT2D eigenvalue weighted by Crippen LogP contribution is -2.30. The number of benzene rings is 2. The molecule has 0 aliphatic rings. The van der Waals surface area contributed by atoms with Gasteiger partial charge in [-0.3, -0.25) is 9.59 Å². The summed E-state index contributed by atoms with van der Waals surface area (Å²) in [5, 5.41) is 9.00. The number of nitrogens with zero attached hydrogens (tertiary/aromatic N) is 1. The number of furan rings is 1. The van der Waals surface area contributed by atoms with Crippen molar-refractivity contribution in [1.82, 2.24) is 0 Å². The second-order valence-corrected chi connectivity index (χ2v) is 5.59. The number of aliphatic carboxylic acids is 1. The highest BCUT2D eigenvalue weighted by Crippen LogP contribution is 2.22. The minimum Gasteiger partial charge on any atom is -0.481 e. The van der Waals surface area contributed by atoms with E-state index in [1.807, 2.05) is 30.3 Å². The van der Waals surface area contributed by atoms with Gasteiger partial charge in [0.1, 0.15) is 0 Å². The highest BCUT2D eigenvalue weighted by molar-refractivity contribution is 6.04. The molecule has 3 rings (SSSR count). The van der Waals surface area contributed by atoms with Gasteiger partial charge in [0.25, 0.3) is 5.91 Å². The second-order valence-electron chi connectivity index (χ2n) is 5.59. The molecule has 2 aromatic carbocycles. The number of anilines is 1. The van der Waals surface area contributed by atoms with Gasteiger partial charge in [-0.25, -0.2) is 0 Å². The van der Waals surface area contributed by atoms with Gasteiger partial charge in [0.2, 0.25) is 0 Å². The van der Waals surface area contributed by atoms with Crippen LogP contribution in [0.2, 0.25) is 0 Å². The fraction of sp³-hybridized carbons (Fsp3) is 0.100. The van der Waals surface area contributed by atoms with Crippen LogP contribution in [0, 0.1) is 0 Å². The number of amides is 1. The molecule has 0 spiro atoms. The molecule has 3 aromatic rings. The van der Waals surface area contributed by atoms with Crippen molar-refractivity contribution in [3.05, 3.63) is 89.9 Å². The molecule has 0 saturated heterocycles. The molecular weight excluding hydrogens is 318 g/mol. The number of rotatable bonds is 6. The summed E-state index contributed by atoms with van der Waals surface area (Å²) in [5.74, 6) is -0.954. The zero-order chi connectivity index (χ0) is 17.6. The Morgan fingerprint density at radius 2 is 1.68 bits per heavy atom. The molecule has 0 aliphatic carbocycles. The van der Waals surface area contributed by atoms with Crippen molar-refractivity contribution in [3.8, 4) is 0 Å². The van der Waals surface area contributed by atoms with Crippen LogP contribution in [-0.4, -0.2) is 17.0 Å². The van der Waals surface area contributed by atoms with Gasteiger partial charge in [-0.1, -0.05) is 42.5 Å². The second kappa shape index (κ2) is 7.49. The van der Waals surface area contributed by atoms with Crippen LogP contribution in [0.3, 0.4) is 0 Å². The van der Waals surface area contributed by atoms with Crippen molar-refractivity contribution in [2.45, 2.75) is 13.0 Å². The molecular formula is C20H17NO4. The summed E-state index contributed by atoms with van der Waals surface area (Å²) in [5.41, 5.74) is 2.23. The largest absolute Gasteiger partial charge is 0.481 e. The Hall–Kier alpha value is -3.34. The first-order chi connectivity index (χ1) is 12.1. The van der Waals surface area contributed by atoms with E-state index in [4.69, 9.17) is 9.52 Å². The third-order valence-corrected chi connectivity index (χ3v) is 3.74.